The van der Waals surface area contributed by atoms with Crippen LogP contribution < -0.4 is 5.32 Å². The molecule has 0 unspecified atom stereocenters. The van der Waals surface area contributed by atoms with Crippen LogP contribution in [0, 0.1) is 13.8 Å². The monoisotopic (exact) mass is 388 g/mol. The van der Waals surface area contributed by atoms with Crippen LogP contribution in [0.25, 0.3) is 0 Å². The summed E-state index contributed by atoms with van der Waals surface area (Å²) in [5, 5.41) is 2.88. The van der Waals surface area contributed by atoms with Crippen LogP contribution in [0.5, 0.6) is 0 Å². The number of hydrogen-bond donors (Lipinski definition) is 1. The molecule has 6 heteroatoms. The molecule has 1 N–H and O–H groups in total. The predicted octanol–water partition coefficient (Wildman–Crippen LogP) is 3.66. The van der Waals surface area contributed by atoms with Gasteiger partial charge in [-0.25, -0.2) is 4.98 Å². The molecule has 3 aromatic rings. The fourth-order valence-corrected chi connectivity index (χ4v) is 2.88. The smallest absolute Gasteiger partial charge is 0.274 e. The summed E-state index contributed by atoms with van der Waals surface area (Å²) in [6.07, 6.45) is 4.19. The highest BCUT2D eigenvalue weighted by molar-refractivity contribution is 6.04. The van der Waals surface area contributed by atoms with Gasteiger partial charge in [0.05, 0.1) is 0 Å². The summed E-state index contributed by atoms with van der Waals surface area (Å²) in [5.74, 6) is -0.562. The predicted molar refractivity (Wildman–Crippen MR) is 113 cm³/mol. The van der Waals surface area contributed by atoms with Crippen LogP contribution in [0.1, 0.15) is 37.7 Å². The molecule has 0 radical (unpaired) electrons. The van der Waals surface area contributed by atoms with Crippen LogP contribution in [0.2, 0.25) is 0 Å². The lowest BCUT2D eigenvalue weighted by molar-refractivity contribution is 0.0790. The number of hydrogen-bond acceptors (Lipinski definition) is 4. The second-order valence-electron chi connectivity index (χ2n) is 7.01. The SMILES string of the molecule is Cc1ccc(C)c(NC(=O)c2cccc(C(=O)N(C)CCc3ccncc3)n2)c1. The van der Waals surface area contributed by atoms with Crippen molar-refractivity contribution in [2.24, 2.45) is 0 Å². The van der Waals surface area contributed by atoms with Gasteiger partial charge in [-0.3, -0.25) is 14.6 Å². The van der Waals surface area contributed by atoms with Gasteiger partial charge in [-0.05, 0) is 67.3 Å². The van der Waals surface area contributed by atoms with E-state index < -0.39 is 0 Å². The maximum atomic E-state index is 12.7. The molecule has 0 spiro atoms. The van der Waals surface area contributed by atoms with Crippen molar-refractivity contribution in [1.82, 2.24) is 14.9 Å². The Balaban J connectivity index is 1.68. The molecule has 0 aliphatic rings. The molecule has 0 atom stereocenters. The number of aryl methyl sites for hydroxylation is 2. The largest absolute Gasteiger partial charge is 0.340 e. The van der Waals surface area contributed by atoms with Crippen molar-refractivity contribution in [2.75, 3.05) is 18.9 Å². The third-order valence-corrected chi connectivity index (χ3v) is 4.67. The topological polar surface area (TPSA) is 75.2 Å². The Kier molecular flexibility index (Phi) is 6.34. The van der Waals surface area contributed by atoms with E-state index in [0.717, 1.165) is 28.8 Å². The molecule has 1 aromatic carbocycles. The molecule has 2 heterocycles. The number of amides is 2. The van der Waals surface area contributed by atoms with Crippen LogP contribution in [-0.2, 0) is 6.42 Å². The fraction of sp³-hybridized carbons (Fsp3) is 0.217. The Labute approximate surface area is 170 Å². The number of rotatable bonds is 6. The van der Waals surface area contributed by atoms with Gasteiger partial charge in [0.15, 0.2) is 0 Å². The molecule has 2 amide bonds. The standard InChI is InChI=1S/C23H24N4O2/c1-16-7-8-17(2)21(15-16)26-22(28)19-5-4-6-20(25-19)23(29)27(3)14-11-18-9-12-24-13-10-18/h4-10,12-13,15H,11,14H2,1-3H3,(H,26,28). The Hall–Kier alpha value is -3.54. The number of aromatic nitrogens is 2. The van der Waals surface area contributed by atoms with Gasteiger partial charge in [0.25, 0.3) is 11.8 Å². The summed E-state index contributed by atoms with van der Waals surface area (Å²) in [7, 11) is 1.73. The van der Waals surface area contributed by atoms with Gasteiger partial charge in [0.1, 0.15) is 11.4 Å². The van der Waals surface area contributed by atoms with Crippen LogP contribution in [0.4, 0.5) is 5.69 Å². The van der Waals surface area contributed by atoms with Crippen LogP contribution in [0.15, 0.2) is 60.9 Å². The minimum absolute atomic E-state index is 0.208. The third kappa shape index (κ3) is 5.25. The van der Waals surface area contributed by atoms with Crippen LogP contribution >= 0.6 is 0 Å². The van der Waals surface area contributed by atoms with Crippen molar-refractivity contribution in [3.63, 3.8) is 0 Å². The maximum absolute atomic E-state index is 12.7. The lowest BCUT2D eigenvalue weighted by Crippen LogP contribution is -2.30. The van der Waals surface area contributed by atoms with Gasteiger partial charge < -0.3 is 10.2 Å². The van der Waals surface area contributed by atoms with Gasteiger partial charge in [0.2, 0.25) is 0 Å². The molecular weight excluding hydrogens is 364 g/mol. The molecule has 3 rings (SSSR count). The number of benzene rings is 1. The van der Waals surface area contributed by atoms with E-state index in [4.69, 9.17) is 0 Å². The normalized spacial score (nSPS) is 10.4. The maximum Gasteiger partial charge on any atom is 0.274 e. The zero-order valence-electron chi connectivity index (χ0n) is 16.8. The molecule has 0 saturated heterocycles. The first-order valence-corrected chi connectivity index (χ1v) is 9.44. The lowest BCUT2D eigenvalue weighted by atomic mass is 10.1. The number of carbonyl (C=O) groups excluding carboxylic acids is 2. The van der Waals surface area contributed by atoms with Crippen molar-refractivity contribution in [3.05, 3.63) is 89.0 Å². The second kappa shape index (κ2) is 9.10. The van der Waals surface area contributed by atoms with E-state index in [1.165, 1.54) is 0 Å². The molecule has 0 aliphatic carbocycles. The number of likely N-dealkylation sites (N-methyl/N-ethyl adjacent to an activating group) is 1. The van der Waals surface area contributed by atoms with Crippen molar-refractivity contribution < 1.29 is 9.59 Å². The Morgan fingerprint density at radius 3 is 2.48 bits per heavy atom. The molecule has 0 saturated carbocycles. The number of nitrogens with one attached hydrogen (secondary N) is 1. The van der Waals surface area contributed by atoms with Gasteiger partial charge >= 0.3 is 0 Å². The van der Waals surface area contributed by atoms with Crippen molar-refractivity contribution >= 4 is 17.5 Å². The van der Waals surface area contributed by atoms with E-state index in [-0.39, 0.29) is 23.2 Å². The molecule has 0 bridgehead atoms. The molecular formula is C23H24N4O2. The van der Waals surface area contributed by atoms with Gasteiger partial charge in [-0.1, -0.05) is 18.2 Å². The molecule has 2 aromatic heterocycles. The Bertz CT molecular complexity index is 1020. The molecule has 148 valence electrons. The van der Waals surface area contributed by atoms with E-state index in [1.807, 2.05) is 44.2 Å². The van der Waals surface area contributed by atoms with Crippen molar-refractivity contribution in [3.8, 4) is 0 Å². The zero-order chi connectivity index (χ0) is 20.8. The highest BCUT2D eigenvalue weighted by Crippen LogP contribution is 2.17. The number of carbonyl (C=O) groups is 2. The summed E-state index contributed by atoms with van der Waals surface area (Å²) < 4.78 is 0. The summed E-state index contributed by atoms with van der Waals surface area (Å²) in [5.41, 5.74) is 4.32. The fourth-order valence-electron chi connectivity index (χ4n) is 2.88. The molecule has 0 aliphatic heterocycles. The van der Waals surface area contributed by atoms with E-state index in [2.05, 4.69) is 15.3 Å². The number of anilines is 1. The zero-order valence-corrected chi connectivity index (χ0v) is 16.8. The first kappa shape index (κ1) is 20.2. The Morgan fingerprint density at radius 1 is 1.00 bits per heavy atom. The summed E-state index contributed by atoms with van der Waals surface area (Å²) >= 11 is 0. The van der Waals surface area contributed by atoms with Gasteiger partial charge in [0, 0.05) is 31.7 Å². The highest BCUT2D eigenvalue weighted by atomic mass is 16.2. The Morgan fingerprint density at radius 2 is 1.72 bits per heavy atom. The average molecular weight is 388 g/mol. The van der Waals surface area contributed by atoms with E-state index in [9.17, 15) is 9.59 Å². The minimum atomic E-state index is -0.340. The van der Waals surface area contributed by atoms with Gasteiger partial charge in [-0.2, -0.15) is 0 Å². The number of pyridine rings is 2. The van der Waals surface area contributed by atoms with Crippen LogP contribution in [-0.4, -0.2) is 40.3 Å². The molecule has 0 fully saturated rings. The lowest BCUT2D eigenvalue weighted by Gasteiger charge is -2.17. The van der Waals surface area contributed by atoms with E-state index in [1.54, 1.807) is 42.5 Å². The van der Waals surface area contributed by atoms with E-state index >= 15 is 0 Å². The average Bonchev–Trinajstić information content (AvgIpc) is 2.75. The van der Waals surface area contributed by atoms with Gasteiger partial charge in [-0.15, -0.1) is 0 Å². The van der Waals surface area contributed by atoms with Crippen molar-refractivity contribution in [2.45, 2.75) is 20.3 Å². The quantitative estimate of drug-likeness (QED) is 0.699. The van der Waals surface area contributed by atoms with Crippen molar-refractivity contribution in [1.29, 1.82) is 0 Å². The van der Waals surface area contributed by atoms with Crippen LogP contribution in [0.3, 0.4) is 0 Å². The summed E-state index contributed by atoms with van der Waals surface area (Å²) in [4.78, 5) is 35.2. The minimum Gasteiger partial charge on any atom is -0.340 e. The number of nitrogens with zero attached hydrogens (tertiary/aromatic N) is 3. The van der Waals surface area contributed by atoms with E-state index in [0.29, 0.717) is 6.54 Å². The summed E-state index contributed by atoms with van der Waals surface area (Å²) in [6, 6.07) is 14.6. The molecule has 6 nitrogen and oxygen atoms in total. The third-order valence-electron chi connectivity index (χ3n) is 4.67. The first-order chi connectivity index (χ1) is 13.9. The molecule has 29 heavy (non-hydrogen) atoms. The highest BCUT2D eigenvalue weighted by Gasteiger charge is 2.16. The second-order valence-corrected chi connectivity index (χ2v) is 7.01. The first-order valence-electron chi connectivity index (χ1n) is 9.44. The summed E-state index contributed by atoms with van der Waals surface area (Å²) in [6.45, 7) is 4.44.